The van der Waals surface area contributed by atoms with E-state index >= 15 is 0 Å². The number of hydrogen-bond donors (Lipinski definition) is 3. The highest BCUT2D eigenvalue weighted by Gasteiger charge is 2.12. The first-order valence-electron chi connectivity index (χ1n) is 6.20. The molecule has 0 atom stereocenters. The van der Waals surface area contributed by atoms with Gasteiger partial charge in [-0.1, -0.05) is 0 Å². The molecule has 0 radical (unpaired) electrons. The number of amides is 2. The molecule has 1 aromatic rings. The van der Waals surface area contributed by atoms with Crippen LogP contribution in [0, 0.1) is 0 Å². The maximum Gasteiger partial charge on any atom is 0.251 e. The van der Waals surface area contributed by atoms with Gasteiger partial charge < -0.3 is 21.7 Å². The number of likely N-dealkylation sites (N-methyl/N-ethyl adjacent to an activating group) is 1. The Morgan fingerprint density at radius 1 is 1.11 bits per heavy atom. The van der Waals surface area contributed by atoms with Gasteiger partial charge in [0.05, 0.1) is 6.54 Å². The molecule has 0 unspecified atom stereocenters. The van der Waals surface area contributed by atoms with E-state index in [0.29, 0.717) is 30.0 Å². The van der Waals surface area contributed by atoms with Crippen molar-refractivity contribution < 1.29 is 9.59 Å². The van der Waals surface area contributed by atoms with E-state index in [2.05, 4.69) is 5.32 Å². The van der Waals surface area contributed by atoms with E-state index < -0.39 is 0 Å². The monoisotopic (exact) mass is 264 g/mol. The van der Waals surface area contributed by atoms with Gasteiger partial charge in [-0.15, -0.1) is 0 Å². The molecule has 0 bridgehead atoms. The molecule has 0 heterocycles. The quantitative estimate of drug-likeness (QED) is 0.672. The van der Waals surface area contributed by atoms with Gasteiger partial charge in [-0.3, -0.25) is 9.59 Å². The largest absolute Gasteiger partial charge is 0.399 e. The van der Waals surface area contributed by atoms with Crippen molar-refractivity contribution in [1.29, 1.82) is 0 Å². The summed E-state index contributed by atoms with van der Waals surface area (Å²) in [5.41, 5.74) is 12.4. The second-order valence-electron chi connectivity index (χ2n) is 4.14. The van der Waals surface area contributed by atoms with E-state index in [-0.39, 0.29) is 18.4 Å². The summed E-state index contributed by atoms with van der Waals surface area (Å²) in [5, 5.41) is 2.56. The number of nitrogen functional groups attached to an aromatic ring is 2. The SMILES string of the molecule is CCN(CC)C(=O)CNC(=O)c1cc(N)cc(N)c1. The molecule has 0 aromatic heterocycles. The number of nitrogens with two attached hydrogens (primary N) is 2. The van der Waals surface area contributed by atoms with Gasteiger partial charge in [-0.05, 0) is 32.0 Å². The fourth-order valence-corrected chi connectivity index (χ4v) is 1.75. The van der Waals surface area contributed by atoms with Crippen molar-refractivity contribution in [2.75, 3.05) is 31.1 Å². The topological polar surface area (TPSA) is 101 Å². The van der Waals surface area contributed by atoms with Gasteiger partial charge in [0.1, 0.15) is 0 Å². The number of nitrogens with one attached hydrogen (secondary N) is 1. The van der Waals surface area contributed by atoms with Gasteiger partial charge in [-0.25, -0.2) is 0 Å². The third kappa shape index (κ3) is 4.17. The minimum Gasteiger partial charge on any atom is -0.399 e. The summed E-state index contributed by atoms with van der Waals surface area (Å²) >= 11 is 0. The zero-order chi connectivity index (χ0) is 14.4. The maximum absolute atomic E-state index is 11.9. The number of carbonyl (C=O) groups is 2. The van der Waals surface area contributed by atoms with Crippen molar-refractivity contribution in [1.82, 2.24) is 10.2 Å². The van der Waals surface area contributed by atoms with E-state index in [1.807, 2.05) is 13.8 Å². The normalized spacial score (nSPS) is 10.0. The van der Waals surface area contributed by atoms with Crippen molar-refractivity contribution >= 4 is 23.2 Å². The lowest BCUT2D eigenvalue weighted by molar-refractivity contribution is -0.129. The van der Waals surface area contributed by atoms with Crippen LogP contribution in [0.25, 0.3) is 0 Å². The molecule has 19 heavy (non-hydrogen) atoms. The zero-order valence-corrected chi connectivity index (χ0v) is 11.3. The number of rotatable bonds is 5. The van der Waals surface area contributed by atoms with Crippen LogP contribution in [-0.2, 0) is 4.79 Å². The molecule has 2 amide bonds. The first kappa shape index (κ1) is 14.8. The summed E-state index contributed by atoms with van der Waals surface area (Å²) in [6.07, 6.45) is 0. The van der Waals surface area contributed by atoms with E-state index in [0.717, 1.165) is 0 Å². The zero-order valence-electron chi connectivity index (χ0n) is 11.3. The Hall–Kier alpha value is -2.24. The Morgan fingerprint density at radius 2 is 1.63 bits per heavy atom. The molecule has 0 saturated carbocycles. The van der Waals surface area contributed by atoms with Crippen LogP contribution in [0.5, 0.6) is 0 Å². The minimum absolute atomic E-state index is 0.0325. The third-order valence-corrected chi connectivity index (χ3v) is 2.76. The van der Waals surface area contributed by atoms with E-state index in [9.17, 15) is 9.59 Å². The lowest BCUT2D eigenvalue weighted by atomic mass is 10.1. The van der Waals surface area contributed by atoms with Crippen molar-refractivity contribution in [2.45, 2.75) is 13.8 Å². The standard InChI is InChI=1S/C13H20N4O2/c1-3-17(4-2)12(18)8-16-13(19)9-5-10(14)7-11(15)6-9/h5-7H,3-4,8,14-15H2,1-2H3,(H,16,19). The predicted octanol–water partition coefficient (Wildman–Crippen LogP) is 0.449. The predicted molar refractivity (Wildman–Crippen MR) is 75.5 cm³/mol. The van der Waals surface area contributed by atoms with Crippen LogP contribution in [0.3, 0.4) is 0 Å². The molecule has 6 heteroatoms. The fourth-order valence-electron chi connectivity index (χ4n) is 1.75. The molecule has 0 aliphatic carbocycles. The maximum atomic E-state index is 11.9. The summed E-state index contributed by atoms with van der Waals surface area (Å²) in [6, 6.07) is 4.61. The van der Waals surface area contributed by atoms with Crippen molar-refractivity contribution in [2.24, 2.45) is 0 Å². The molecule has 0 aliphatic heterocycles. The highest BCUT2D eigenvalue weighted by Crippen LogP contribution is 2.13. The average molecular weight is 264 g/mol. The lowest BCUT2D eigenvalue weighted by Crippen LogP contribution is -2.40. The second-order valence-corrected chi connectivity index (χ2v) is 4.14. The van der Waals surface area contributed by atoms with Gasteiger partial charge in [0.15, 0.2) is 0 Å². The molecule has 104 valence electrons. The van der Waals surface area contributed by atoms with E-state index in [4.69, 9.17) is 11.5 Å². The average Bonchev–Trinajstić information content (AvgIpc) is 2.36. The summed E-state index contributed by atoms with van der Waals surface area (Å²) < 4.78 is 0. The van der Waals surface area contributed by atoms with Gasteiger partial charge >= 0.3 is 0 Å². The summed E-state index contributed by atoms with van der Waals surface area (Å²) in [5.74, 6) is -0.477. The Balaban J connectivity index is 2.63. The molecule has 0 spiro atoms. The van der Waals surface area contributed by atoms with Gasteiger partial charge in [0.2, 0.25) is 5.91 Å². The molecule has 0 aliphatic rings. The first-order chi connectivity index (χ1) is 8.97. The molecular formula is C13H20N4O2. The molecule has 1 aromatic carbocycles. The van der Waals surface area contributed by atoms with Crippen molar-refractivity contribution in [3.05, 3.63) is 23.8 Å². The van der Waals surface area contributed by atoms with E-state index in [1.165, 1.54) is 12.1 Å². The minimum atomic E-state index is -0.362. The first-order valence-corrected chi connectivity index (χ1v) is 6.20. The Morgan fingerprint density at radius 3 is 2.11 bits per heavy atom. The molecule has 1 rings (SSSR count). The van der Waals surface area contributed by atoms with Crippen LogP contribution in [0.4, 0.5) is 11.4 Å². The second kappa shape index (κ2) is 6.63. The van der Waals surface area contributed by atoms with Gasteiger partial charge in [0, 0.05) is 30.0 Å². The van der Waals surface area contributed by atoms with Crippen LogP contribution >= 0.6 is 0 Å². The smallest absolute Gasteiger partial charge is 0.251 e. The lowest BCUT2D eigenvalue weighted by Gasteiger charge is -2.18. The van der Waals surface area contributed by atoms with Crippen molar-refractivity contribution in [3.8, 4) is 0 Å². The summed E-state index contributed by atoms with van der Waals surface area (Å²) in [7, 11) is 0. The molecular weight excluding hydrogens is 244 g/mol. The van der Waals surface area contributed by atoms with Crippen LogP contribution in [-0.4, -0.2) is 36.3 Å². The van der Waals surface area contributed by atoms with Gasteiger partial charge in [0.25, 0.3) is 5.91 Å². The highest BCUT2D eigenvalue weighted by molar-refractivity contribution is 5.98. The molecule has 0 fully saturated rings. The fraction of sp³-hybridized carbons (Fsp3) is 0.385. The van der Waals surface area contributed by atoms with Crippen LogP contribution in [0.1, 0.15) is 24.2 Å². The number of carbonyl (C=O) groups excluding carboxylic acids is 2. The number of nitrogens with zero attached hydrogens (tertiary/aromatic N) is 1. The molecule has 0 saturated heterocycles. The number of hydrogen-bond acceptors (Lipinski definition) is 4. The Bertz CT molecular complexity index is 449. The van der Waals surface area contributed by atoms with Crippen LogP contribution in [0.2, 0.25) is 0 Å². The number of benzene rings is 1. The van der Waals surface area contributed by atoms with E-state index in [1.54, 1.807) is 11.0 Å². The highest BCUT2D eigenvalue weighted by atomic mass is 16.2. The Labute approximate surface area is 112 Å². The number of anilines is 2. The van der Waals surface area contributed by atoms with Crippen molar-refractivity contribution in [3.63, 3.8) is 0 Å². The molecule has 6 nitrogen and oxygen atoms in total. The Kier molecular flexibility index (Phi) is 5.17. The molecule has 5 N–H and O–H groups in total. The van der Waals surface area contributed by atoms with Gasteiger partial charge in [-0.2, -0.15) is 0 Å². The third-order valence-electron chi connectivity index (χ3n) is 2.76. The summed E-state index contributed by atoms with van der Waals surface area (Å²) in [6.45, 7) is 4.99. The van der Waals surface area contributed by atoms with Crippen LogP contribution < -0.4 is 16.8 Å². The van der Waals surface area contributed by atoms with Crippen LogP contribution in [0.15, 0.2) is 18.2 Å². The summed E-state index contributed by atoms with van der Waals surface area (Å²) in [4.78, 5) is 25.2.